The van der Waals surface area contributed by atoms with Gasteiger partial charge in [0.15, 0.2) is 0 Å². The first-order valence-electron chi connectivity index (χ1n) is 10.9. The molecule has 0 saturated carbocycles. The molecule has 5 N–H and O–H groups in total. The number of rotatable bonds is 4. The number of hydrogen-bond acceptors (Lipinski definition) is 7. The fraction of sp³-hybridized carbons (Fsp3) is 0.333. The fourth-order valence-electron chi connectivity index (χ4n) is 3.95. The maximum Gasteiger partial charge on any atom is 0.240 e. The molecule has 34 heavy (non-hydrogen) atoms. The van der Waals surface area contributed by atoms with Gasteiger partial charge in [-0.2, -0.15) is 5.26 Å². The summed E-state index contributed by atoms with van der Waals surface area (Å²) < 4.78 is 34.4. The second-order valence-corrected chi connectivity index (χ2v) is 9.95. The monoisotopic (exact) mass is 483 g/mol. The Morgan fingerprint density at radius 2 is 2.12 bits per heavy atom. The summed E-state index contributed by atoms with van der Waals surface area (Å²) in [6.45, 7) is 3.65. The van der Waals surface area contributed by atoms with E-state index in [-0.39, 0.29) is 34.4 Å². The lowest BCUT2D eigenvalue weighted by Crippen LogP contribution is -2.51. The molecule has 1 heterocycles. The van der Waals surface area contributed by atoms with Crippen molar-refractivity contribution >= 4 is 15.9 Å². The van der Waals surface area contributed by atoms with Gasteiger partial charge in [0.2, 0.25) is 15.9 Å². The lowest BCUT2D eigenvalue weighted by atomic mass is 9.86. The third kappa shape index (κ3) is 5.00. The Morgan fingerprint density at radius 1 is 1.35 bits per heavy atom. The maximum atomic E-state index is 13.4. The summed E-state index contributed by atoms with van der Waals surface area (Å²) >= 11 is 0. The van der Waals surface area contributed by atoms with Crippen molar-refractivity contribution in [1.82, 2.24) is 15.4 Å². The van der Waals surface area contributed by atoms with Crippen LogP contribution in [0.25, 0.3) is 0 Å². The normalized spacial score (nSPS) is 22.5. The second kappa shape index (κ2) is 10.2. The topological polar surface area (TPSA) is 146 Å². The number of fused-ring (bicyclic) bond motifs is 4. The Balaban J connectivity index is 2.26. The average Bonchev–Trinajstić information content (AvgIpc) is 2.82. The van der Waals surface area contributed by atoms with E-state index in [4.69, 9.17) is 10.5 Å². The molecule has 0 aliphatic carbocycles. The van der Waals surface area contributed by atoms with Crippen LogP contribution in [0.15, 0.2) is 59.3 Å². The zero-order valence-electron chi connectivity index (χ0n) is 19.4. The van der Waals surface area contributed by atoms with Gasteiger partial charge in [0.1, 0.15) is 23.1 Å². The molecule has 1 aliphatic rings. The van der Waals surface area contributed by atoms with E-state index in [0.29, 0.717) is 24.1 Å². The zero-order chi connectivity index (χ0) is 24.9. The first-order chi connectivity index (χ1) is 16.2. The van der Waals surface area contributed by atoms with Crippen LogP contribution < -0.4 is 25.8 Å². The number of ether oxygens (including phenoxy) is 1. The number of nitrogens with zero attached hydrogens (tertiary/aromatic N) is 1. The highest BCUT2D eigenvalue weighted by Crippen LogP contribution is 2.34. The lowest BCUT2D eigenvalue weighted by Gasteiger charge is -2.35. The summed E-state index contributed by atoms with van der Waals surface area (Å²) in [7, 11) is -2.22. The van der Waals surface area contributed by atoms with Gasteiger partial charge < -0.3 is 21.1 Å². The number of carbonyl (C=O) groups is 1. The molecule has 2 aromatic carbocycles. The van der Waals surface area contributed by atoms with E-state index in [0.717, 1.165) is 0 Å². The molecule has 4 bridgehead atoms. The summed E-state index contributed by atoms with van der Waals surface area (Å²) in [5.41, 5.74) is 6.18. The molecule has 2 aromatic rings. The number of likely N-dealkylation sites (N-methyl/N-ethyl adjacent to an activating group) is 1. The van der Waals surface area contributed by atoms with E-state index in [9.17, 15) is 18.5 Å². The van der Waals surface area contributed by atoms with Gasteiger partial charge in [-0.3, -0.25) is 4.79 Å². The van der Waals surface area contributed by atoms with Gasteiger partial charge in [0, 0.05) is 25.9 Å². The van der Waals surface area contributed by atoms with Gasteiger partial charge >= 0.3 is 0 Å². The van der Waals surface area contributed by atoms with E-state index >= 15 is 0 Å². The van der Waals surface area contributed by atoms with Crippen molar-refractivity contribution in [3.8, 4) is 17.6 Å². The largest absolute Gasteiger partial charge is 0.456 e. The number of nitrogens with one attached hydrogen (secondary N) is 3. The van der Waals surface area contributed by atoms with Crippen molar-refractivity contribution in [2.75, 3.05) is 13.6 Å². The number of nitriles is 1. The van der Waals surface area contributed by atoms with Gasteiger partial charge in [0.25, 0.3) is 0 Å². The Morgan fingerprint density at radius 3 is 2.76 bits per heavy atom. The van der Waals surface area contributed by atoms with Crippen LogP contribution in [0.4, 0.5) is 0 Å². The predicted octanol–water partition coefficient (Wildman–Crippen LogP) is 2.41. The molecule has 0 radical (unpaired) electrons. The van der Waals surface area contributed by atoms with Crippen molar-refractivity contribution in [3.63, 3.8) is 0 Å². The second-order valence-electron chi connectivity index (χ2n) is 8.18. The molecule has 0 spiro atoms. The number of benzene rings is 2. The van der Waals surface area contributed by atoms with Crippen LogP contribution in [-0.4, -0.2) is 27.9 Å². The number of hydrogen-bond donors (Lipinski definition) is 4. The van der Waals surface area contributed by atoms with Crippen LogP contribution in [0.3, 0.4) is 0 Å². The van der Waals surface area contributed by atoms with E-state index in [1.807, 2.05) is 6.92 Å². The minimum Gasteiger partial charge on any atom is -0.456 e. The molecular weight excluding hydrogens is 454 g/mol. The molecule has 0 aromatic heterocycles. The van der Waals surface area contributed by atoms with Crippen molar-refractivity contribution in [1.29, 1.82) is 5.26 Å². The van der Waals surface area contributed by atoms with E-state index in [1.165, 1.54) is 18.3 Å². The Labute approximate surface area is 200 Å². The van der Waals surface area contributed by atoms with Crippen molar-refractivity contribution in [3.05, 3.63) is 65.5 Å². The average molecular weight is 484 g/mol. The van der Waals surface area contributed by atoms with Crippen LogP contribution in [0.5, 0.6) is 11.5 Å². The lowest BCUT2D eigenvalue weighted by molar-refractivity contribution is -0.126. The molecule has 1 amide bonds. The molecule has 1 aliphatic heterocycles. The van der Waals surface area contributed by atoms with Crippen molar-refractivity contribution in [2.24, 2.45) is 11.7 Å². The standard InChI is InChI=1S/C24H29N5O4S/c1-4-6-17-15-28-34(31,32)20-8-5-7-19(12-20)33-21-11-18(10-9-16(21)13-25)24(2,29-23(17)30)22(14-26)27-3/h5,7-12,14,17,27-28H,4,6,15,26H2,1-3H3,(H,29,30)/b22-14-. The molecule has 2 atom stereocenters. The molecule has 2 unspecified atom stereocenters. The Kier molecular flexibility index (Phi) is 7.49. The van der Waals surface area contributed by atoms with Gasteiger partial charge in [0.05, 0.1) is 22.1 Å². The molecule has 180 valence electrons. The highest BCUT2D eigenvalue weighted by atomic mass is 32.2. The predicted molar refractivity (Wildman–Crippen MR) is 128 cm³/mol. The van der Waals surface area contributed by atoms with Gasteiger partial charge in [-0.25, -0.2) is 13.1 Å². The van der Waals surface area contributed by atoms with Crippen LogP contribution in [0.1, 0.15) is 37.8 Å². The highest BCUT2D eigenvalue weighted by molar-refractivity contribution is 7.89. The van der Waals surface area contributed by atoms with Gasteiger partial charge in [-0.15, -0.1) is 0 Å². The highest BCUT2D eigenvalue weighted by Gasteiger charge is 2.36. The number of amides is 1. The summed E-state index contributed by atoms with van der Waals surface area (Å²) in [6, 6.07) is 13.1. The smallest absolute Gasteiger partial charge is 0.240 e. The van der Waals surface area contributed by atoms with E-state index in [2.05, 4.69) is 21.4 Å². The first-order valence-corrected chi connectivity index (χ1v) is 12.4. The number of nitrogens with two attached hydrogens (primary N) is 1. The van der Waals surface area contributed by atoms with Crippen LogP contribution in [0.2, 0.25) is 0 Å². The van der Waals surface area contributed by atoms with E-state index < -0.39 is 21.5 Å². The molecular formula is C24H29N5O4S. The zero-order valence-corrected chi connectivity index (χ0v) is 20.2. The summed E-state index contributed by atoms with van der Waals surface area (Å²) in [4.78, 5) is 13.4. The Hall–Kier alpha value is -3.55. The minimum absolute atomic E-state index is 0.000695. The SMILES string of the molecule is CCCC1CNS(=O)(=O)c2cccc(c2)Oc2cc(ccc2C#N)C(C)(/C(=C/N)NC)NC1=O. The van der Waals surface area contributed by atoms with Crippen LogP contribution >= 0.6 is 0 Å². The summed E-state index contributed by atoms with van der Waals surface area (Å²) in [6.07, 6.45) is 2.53. The Bertz CT molecular complexity index is 1250. The van der Waals surface area contributed by atoms with Crippen LogP contribution in [0, 0.1) is 17.2 Å². The fourth-order valence-corrected chi connectivity index (χ4v) is 5.07. The summed E-state index contributed by atoms with van der Waals surface area (Å²) in [5.74, 6) is -0.472. The summed E-state index contributed by atoms with van der Waals surface area (Å²) in [5, 5.41) is 15.7. The maximum absolute atomic E-state index is 13.4. The third-order valence-corrected chi connectivity index (χ3v) is 7.32. The quantitative estimate of drug-likeness (QED) is 0.522. The molecule has 0 saturated heterocycles. The molecule has 9 nitrogen and oxygen atoms in total. The van der Waals surface area contributed by atoms with E-state index in [1.54, 1.807) is 44.3 Å². The first kappa shape index (κ1) is 25.1. The number of carbonyl (C=O) groups excluding carboxylic acids is 1. The molecule has 3 rings (SSSR count). The van der Waals surface area contributed by atoms with Crippen molar-refractivity contribution < 1.29 is 17.9 Å². The van der Waals surface area contributed by atoms with Crippen LogP contribution in [-0.2, 0) is 20.4 Å². The third-order valence-electron chi connectivity index (χ3n) is 5.90. The minimum atomic E-state index is -3.90. The van der Waals surface area contributed by atoms with Gasteiger partial charge in [-0.1, -0.05) is 25.5 Å². The molecule has 10 heteroatoms. The molecule has 0 fully saturated rings. The number of sulfonamides is 1. The van der Waals surface area contributed by atoms with Crippen molar-refractivity contribution in [2.45, 2.75) is 37.1 Å². The van der Waals surface area contributed by atoms with Gasteiger partial charge in [-0.05, 0) is 43.2 Å².